The van der Waals surface area contributed by atoms with Crippen LogP contribution in [0.2, 0.25) is 0 Å². The van der Waals surface area contributed by atoms with E-state index in [4.69, 9.17) is 0 Å². The smallest absolute Gasteiger partial charge is 0.221 e. The summed E-state index contributed by atoms with van der Waals surface area (Å²) in [4.78, 5) is 21.7. The SMILES string of the molecule is CC(=O)NC1=CC(C(C)=O)C(F)C=C1. The predicted molar refractivity (Wildman–Crippen MR) is 50.1 cm³/mol. The van der Waals surface area contributed by atoms with Gasteiger partial charge < -0.3 is 5.32 Å². The maximum Gasteiger partial charge on any atom is 0.221 e. The molecule has 4 heteroatoms. The first-order valence-corrected chi connectivity index (χ1v) is 4.33. The van der Waals surface area contributed by atoms with Crippen LogP contribution in [0, 0.1) is 5.92 Å². The Kier molecular flexibility index (Phi) is 3.17. The minimum Gasteiger partial charge on any atom is -0.327 e. The fourth-order valence-corrected chi connectivity index (χ4v) is 1.28. The molecule has 1 aliphatic carbocycles. The number of hydrogen-bond donors (Lipinski definition) is 1. The number of alkyl halides is 1. The topological polar surface area (TPSA) is 46.2 Å². The molecule has 2 atom stereocenters. The first-order chi connectivity index (χ1) is 6.50. The molecule has 0 fully saturated rings. The van der Waals surface area contributed by atoms with Crippen LogP contribution in [-0.4, -0.2) is 17.9 Å². The van der Waals surface area contributed by atoms with Gasteiger partial charge in [0.2, 0.25) is 5.91 Å². The monoisotopic (exact) mass is 197 g/mol. The molecule has 0 aliphatic heterocycles. The van der Waals surface area contributed by atoms with E-state index in [9.17, 15) is 14.0 Å². The number of amides is 1. The predicted octanol–water partition coefficient (Wildman–Crippen LogP) is 1.12. The highest BCUT2D eigenvalue weighted by molar-refractivity contribution is 5.82. The van der Waals surface area contributed by atoms with Crippen LogP contribution in [0.3, 0.4) is 0 Å². The van der Waals surface area contributed by atoms with Gasteiger partial charge in [0.15, 0.2) is 0 Å². The zero-order valence-electron chi connectivity index (χ0n) is 8.08. The van der Waals surface area contributed by atoms with Gasteiger partial charge in [0.25, 0.3) is 0 Å². The minimum atomic E-state index is -1.29. The number of carbonyl (C=O) groups is 2. The van der Waals surface area contributed by atoms with Gasteiger partial charge in [0, 0.05) is 12.6 Å². The molecule has 0 radical (unpaired) electrons. The maximum atomic E-state index is 13.1. The normalized spacial score (nSPS) is 25.5. The number of rotatable bonds is 2. The highest BCUT2D eigenvalue weighted by Crippen LogP contribution is 2.19. The molecule has 3 nitrogen and oxygen atoms in total. The van der Waals surface area contributed by atoms with Gasteiger partial charge in [-0.05, 0) is 25.2 Å². The fourth-order valence-electron chi connectivity index (χ4n) is 1.28. The zero-order valence-corrected chi connectivity index (χ0v) is 8.08. The van der Waals surface area contributed by atoms with Crippen LogP contribution in [0.5, 0.6) is 0 Å². The summed E-state index contributed by atoms with van der Waals surface area (Å²) in [5.41, 5.74) is 0.478. The molecule has 0 bridgehead atoms. The molecule has 1 aliphatic rings. The lowest BCUT2D eigenvalue weighted by Crippen LogP contribution is -2.27. The molecular weight excluding hydrogens is 185 g/mol. The number of allylic oxidation sites excluding steroid dienone is 3. The van der Waals surface area contributed by atoms with Crippen molar-refractivity contribution < 1.29 is 14.0 Å². The number of halogens is 1. The van der Waals surface area contributed by atoms with Crippen molar-refractivity contribution in [2.75, 3.05) is 0 Å². The van der Waals surface area contributed by atoms with Crippen LogP contribution in [0.4, 0.5) is 4.39 Å². The maximum absolute atomic E-state index is 13.1. The summed E-state index contributed by atoms with van der Waals surface area (Å²) in [6.07, 6.45) is 2.89. The number of hydrogen-bond acceptors (Lipinski definition) is 2. The molecular formula is C10H12FNO2. The summed E-state index contributed by atoms with van der Waals surface area (Å²) in [5.74, 6) is -1.26. The molecule has 0 aromatic heterocycles. The van der Waals surface area contributed by atoms with E-state index in [0.717, 1.165) is 0 Å². The standard InChI is InChI=1S/C10H12FNO2/c1-6(13)9-5-8(12-7(2)14)3-4-10(9)11/h3-5,9-10H,1-2H3,(H,12,14). The second-order valence-corrected chi connectivity index (χ2v) is 3.24. The Labute approximate surface area is 81.7 Å². The Morgan fingerprint density at radius 2 is 2.07 bits per heavy atom. The summed E-state index contributed by atoms with van der Waals surface area (Å²) in [6.45, 7) is 2.69. The quantitative estimate of drug-likeness (QED) is 0.721. The van der Waals surface area contributed by atoms with E-state index in [2.05, 4.69) is 5.32 Å². The van der Waals surface area contributed by atoms with Gasteiger partial charge in [-0.25, -0.2) is 4.39 Å². The molecule has 0 saturated heterocycles. The van der Waals surface area contributed by atoms with Gasteiger partial charge >= 0.3 is 0 Å². The van der Waals surface area contributed by atoms with Crippen molar-refractivity contribution >= 4 is 11.7 Å². The van der Waals surface area contributed by atoms with Gasteiger partial charge in [-0.2, -0.15) is 0 Å². The van der Waals surface area contributed by atoms with Crippen LogP contribution < -0.4 is 5.32 Å². The highest BCUT2D eigenvalue weighted by atomic mass is 19.1. The Morgan fingerprint density at radius 1 is 1.43 bits per heavy atom. The lowest BCUT2D eigenvalue weighted by atomic mass is 9.94. The van der Waals surface area contributed by atoms with Crippen molar-refractivity contribution in [2.45, 2.75) is 20.0 Å². The van der Waals surface area contributed by atoms with Gasteiger partial charge in [0.05, 0.1) is 5.92 Å². The molecule has 0 aromatic rings. The first-order valence-electron chi connectivity index (χ1n) is 4.33. The lowest BCUT2D eigenvalue weighted by Gasteiger charge is -2.17. The van der Waals surface area contributed by atoms with Gasteiger partial charge in [-0.3, -0.25) is 9.59 Å². The van der Waals surface area contributed by atoms with E-state index < -0.39 is 12.1 Å². The molecule has 14 heavy (non-hydrogen) atoms. The van der Waals surface area contributed by atoms with E-state index >= 15 is 0 Å². The van der Waals surface area contributed by atoms with Gasteiger partial charge in [-0.1, -0.05) is 0 Å². The average Bonchev–Trinajstić information content (AvgIpc) is 2.07. The van der Waals surface area contributed by atoms with Crippen LogP contribution in [0.25, 0.3) is 0 Å². The van der Waals surface area contributed by atoms with Gasteiger partial charge in [-0.15, -0.1) is 0 Å². The Hall–Kier alpha value is -1.45. The molecule has 0 spiro atoms. The minimum absolute atomic E-state index is 0.236. The van der Waals surface area contributed by atoms with Crippen LogP contribution >= 0.6 is 0 Å². The summed E-state index contributed by atoms with van der Waals surface area (Å²) in [7, 11) is 0. The number of nitrogens with one attached hydrogen (secondary N) is 1. The molecule has 2 unspecified atom stereocenters. The summed E-state index contributed by atoms with van der Waals surface area (Å²) < 4.78 is 13.1. The summed E-state index contributed by atoms with van der Waals surface area (Å²) in [5, 5.41) is 2.50. The van der Waals surface area contributed by atoms with Crippen LogP contribution in [0.1, 0.15) is 13.8 Å². The third-order valence-corrected chi connectivity index (χ3v) is 1.95. The second-order valence-electron chi connectivity index (χ2n) is 3.24. The number of ketones is 1. The van der Waals surface area contributed by atoms with E-state index in [0.29, 0.717) is 5.70 Å². The van der Waals surface area contributed by atoms with Crippen molar-refractivity contribution in [1.82, 2.24) is 5.32 Å². The first kappa shape index (κ1) is 10.6. The Bertz CT molecular complexity index is 320. The molecule has 1 N–H and O–H groups in total. The van der Waals surface area contributed by atoms with Crippen LogP contribution in [0.15, 0.2) is 23.9 Å². The molecule has 0 heterocycles. The third kappa shape index (κ3) is 2.52. The average molecular weight is 197 g/mol. The zero-order chi connectivity index (χ0) is 10.7. The molecule has 76 valence electrons. The fraction of sp³-hybridized carbons (Fsp3) is 0.400. The Morgan fingerprint density at radius 3 is 2.57 bits per heavy atom. The molecule has 1 amide bonds. The lowest BCUT2D eigenvalue weighted by molar-refractivity contribution is -0.121. The van der Waals surface area contributed by atoms with Crippen molar-refractivity contribution in [1.29, 1.82) is 0 Å². The van der Waals surface area contributed by atoms with Gasteiger partial charge in [0.1, 0.15) is 12.0 Å². The largest absolute Gasteiger partial charge is 0.327 e. The summed E-state index contributed by atoms with van der Waals surface area (Å²) >= 11 is 0. The van der Waals surface area contributed by atoms with Crippen molar-refractivity contribution in [3.8, 4) is 0 Å². The molecule has 1 rings (SSSR count). The van der Waals surface area contributed by atoms with Crippen LogP contribution in [-0.2, 0) is 9.59 Å². The molecule has 0 saturated carbocycles. The van der Waals surface area contributed by atoms with Crippen molar-refractivity contribution in [2.24, 2.45) is 5.92 Å². The van der Waals surface area contributed by atoms with E-state index in [1.807, 2.05) is 0 Å². The third-order valence-electron chi connectivity index (χ3n) is 1.95. The van der Waals surface area contributed by atoms with E-state index in [1.54, 1.807) is 0 Å². The Balaban J connectivity index is 2.79. The molecule has 0 aromatic carbocycles. The second kappa shape index (κ2) is 4.17. The van der Waals surface area contributed by atoms with Crippen molar-refractivity contribution in [3.63, 3.8) is 0 Å². The number of carbonyl (C=O) groups excluding carboxylic acids is 2. The summed E-state index contributed by atoms with van der Waals surface area (Å²) in [6, 6.07) is 0. The highest BCUT2D eigenvalue weighted by Gasteiger charge is 2.24. The number of Topliss-reactive ketones (excluding diaryl/α,β-unsaturated/α-hetero) is 1. The van der Waals surface area contributed by atoms with E-state index in [1.165, 1.54) is 32.1 Å². The van der Waals surface area contributed by atoms with E-state index in [-0.39, 0.29) is 11.7 Å². The van der Waals surface area contributed by atoms with Crippen molar-refractivity contribution in [3.05, 3.63) is 23.9 Å².